The van der Waals surface area contributed by atoms with Gasteiger partial charge in [-0.15, -0.1) is 0 Å². The summed E-state index contributed by atoms with van der Waals surface area (Å²) in [4.78, 5) is 10.4. The first-order valence-corrected chi connectivity index (χ1v) is 8.71. The van der Waals surface area contributed by atoms with E-state index in [4.69, 9.17) is 5.11 Å². The molecule has 0 saturated carbocycles. The van der Waals surface area contributed by atoms with Crippen molar-refractivity contribution in [1.29, 1.82) is 0 Å². The van der Waals surface area contributed by atoms with E-state index in [9.17, 15) is 4.79 Å². The summed E-state index contributed by atoms with van der Waals surface area (Å²) in [6, 6.07) is 0. The van der Waals surface area contributed by atoms with Crippen molar-refractivity contribution in [3.63, 3.8) is 0 Å². The largest absolute Gasteiger partial charge is 0.481 e. The van der Waals surface area contributed by atoms with E-state index in [1.54, 1.807) is 11.3 Å². The fourth-order valence-corrected chi connectivity index (χ4v) is 3.45. The lowest BCUT2D eigenvalue weighted by Crippen LogP contribution is -2.39. The summed E-state index contributed by atoms with van der Waals surface area (Å²) in [6.07, 6.45) is 13.6. The van der Waals surface area contributed by atoms with Crippen LogP contribution in [0.15, 0.2) is 11.3 Å². The van der Waals surface area contributed by atoms with Crippen LogP contribution in [0.5, 0.6) is 0 Å². The highest BCUT2D eigenvalue weighted by atomic mass is 16.4. The fourth-order valence-electron chi connectivity index (χ4n) is 3.45. The highest BCUT2D eigenvalue weighted by Crippen LogP contribution is 2.30. The Morgan fingerprint density at radius 3 is 2.71 bits per heavy atom. The maximum Gasteiger partial charge on any atom is 0.303 e. The van der Waals surface area contributed by atoms with Crippen molar-refractivity contribution in [2.75, 3.05) is 13.1 Å². The summed E-state index contributed by atoms with van der Waals surface area (Å²) in [5, 5.41) is 11.0. The van der Waals surface area contributed by atoms with Gasteiger partial charge in [-0.05, 0) is 56.9 Å². The second-order valence-corrected chi connectivity index (χ2v) is 6.33. The fraction of sp³-hybridized carbons (Fsp3) is 0.824. The molecule has 0 aliphatic carbocycles. The van der Waals surface area contributed by atoms with Crippen molar-refractivity contribution in [3.05, 3.63) is 11.3 Å². The molecule has 0 radical (unpaired) electrons. The summed E-state index contributed by atoms with van der Waals surface area (Å²) >= 11 is 0. The van der Waals surface area contributed by atoms with E-state index in [1.807, 2.05) is 0 Å². The summed E-state index contributed by atoms with van der Waals surface area (Å²) in [5.41, 5.74) is 6.83. The van der Waals surface area contributed by atoms with E-state index in [0.717, 1.165) is 19.4 Å². The average Bonchev–Trinajstić information content (AvgIpc) is 2.71. The van der Waals surface area contributed by atoms with Gasteiger partial charge >= 0.3 is 5.97 Å². The number of aliphatic carboxylic acids is 1. The normalized spacial score (nSPS) is 19.3. The van der Waals surface area contributed by atoms with E-state index < -0.39 is 5.97 Å². The lowest BCUT2D eigenvalue weighted by atomic mass is 9.95. The van der Waals surface area contributed by atoms with Crippen LogP contribution in [-0.4, -0.2) is 29.2 Å². The van der Waals surface area contributed by atoms with Crippen LogP contribution in [0.1, 0.15) is 77.0 Å². The van der Waals surface area contributed by atoms with Crippen LogP contribution in [0.25, 0.3) is 0 Å². The number of fused-ring (bicyclic) bond motifs is 1. The minimum absolute atomic E-state index is 0.329. The molecule has 2 heterocycles. The van der Waals surface area contributed by atoms with Crippen LogP contribution in [-0.2, 0) is 4.79 Å². The maximum absolute atomic E-state index is 10.4. The van der Waals surface area contributed by atoms with Gasteiger partial charge in [-0.3, -0.25) is 4.79 Å². The average molecular weight is 294 g/mol. The van der Waals surface area contributed by atoms with Crippen molar-refractivity contribution in [2.45, 2.75) is 77.0 Å². The Balaban J connectivity index is 1.67. The molecule has 2 N–H and O–H groups in total. The second-order valence-electron chi connectivity index (χ2n) is 6.33. The Kier molecular flexibility index (Phi) is 7.07. The molecule has 4 nitrogen and oxygen atoms in total. The van der Waals surface area contributed by atoms with Gasteiger partial charge in [0, 0.05) is 25.2 Å². The van der Waals surface area contributed by atoms with Crippen LogP contribution in [0, 0.1) is 0 Å². The van der Waals surface area contributed by atoms with Gasteiger partial charge in [-0.25, -0.2) is 5.43 Å². The van der Waals surface area contributed by atoms with Crippen LogP contribution in [0.2, 0.25) is 0 Å². The zero-order valence-corrected chi connectivity index (χ0v) is 13.2. The van der Waals surface area contributed by atoms with E-state index in [2.05, 4.69) is 10.4 Å². The number of hydrogen-bond donors (Lipinski definition) is 2. The molecule has 2 aliphatic rings. The van der Waals surface area contributed by atoms with Crippen molar-refractivity contribution >= 4 is 5.97 Å². The summed E-state index contributed by atoms with van der Waals surface area (Å²) in [6.45, 7) is 2.30. The maximum atomic E-state index is 10.4. The van der Waals surface area contributed by atoms with Gasteiger partial charge < -0.3 is 10.1 Å². The number of nitrogens with one attached hydrogen (secondary N) is 1. The molecular formula is C17H30N2O2. The number of hydrogen-bond acceptors (Lipinski definition) is 3. The van der Waals surface area contributed by atoms with Gasteiger partial charge in [0.1, 0.15) is 0 Å². The quantitative estimate of drug-likeness (QED) is 0.668. The molecule has 0 aromatic carbocycles. The topological polar surface area (TPSA) is 52.6 Å². The summed E-state index contributed by atoms with van der Waals surface area (Å²) in [7, 11) is 0. The van der Waals surface area contributed by atoms with Gasteiger partial charge in [0.15, 0.2) is 0 Å². The Labute approximate surface area is 128 Å². The van der Waals surface area contributed by atoms with Gasteiger partial charge in [0.2, 0.25) is 0 Å². The highest BCUT2D eigenvalue weighted by Gasteiger charge is 2.20. The number of carbonyl (C=O) groups is 1. The first kappa shape index (κ1) is 16.3. The van der Waals surface area contributed by atoms with Crippen molar-refractivity contribution in [2.24, 2.45) is 0 Å². The van der Waals surface area contributed by atoms with E-state index in [1.165, 1.54) is 64.3 Å². The SMILES string of the molecule is O=C(O)CCCCCCCC1=C2CCCCNN2CCC1. The third kappa shape index (κ3) is 5.70. The highest BCUT2D eigenvalue weighted by molar-refractivity contribution is 5.66. The van der Waals surface area contributed by atoms with Crippen LogP contribution < -0.4 is 5.43 Å². The van der Waals surface area contributed by atoms with Gasteiger partial charge in [0.25, 0.3) is 0 Å². The number of carboxylic acid groups (broad SMARTS) is 1. The number of carboxylic acids is 1. The second kappa shape index (κ2) is 9.08. The van der Waals surface area contributed by atoms with Gasteiger partial charge in [-0.1, -0.05) is 19.3 Å². The standard InChI is InChI=1S/C17H30N2O2/c20-17(21)12-5-3-1-2-4-9-15-10-8-14-19-16(15)11-6-7-13-18-19/h18H,1-14H2,(H,20,21). The van der Waals surface area contributed by atoms with E-state index >= 15 is 0 Å². The molecule has 0 aromatic rings. The minimum Gasteiger partial charge on any atom is -0.481 e. The molecule has 21 heavy (non-hydrogen) atoms. The van der Waals surface area contributed by atoms with Crippen molar-refractivity contribution in [1.82, 2.24) is 10.4 Å². The number of rotatable bonds is 8. The summed E-state index contributed by atoms with van der Waals surface area (Å²) in [5.74, 6) is -0.662. The van der Waals surface area contributed by atoms with Gasteiger partial charge in [-0.2, -0.15) is 0 Å². The third-order valence-electron chi connectivity index (χ3n) is 4.61. The zero-order chi connectivity index (χ0) is 14.9. The predicted molar refractivity (Wildman–Crippen MR) is 84.8 cm³/mol. The lowest BCUT2D eigenvalue weighted by molar-refractivity contribution is -0.137. The molecule has 1 fully saturated rings. The first-order valence-electron chi connectivity index (χ1n) is 8.71. The zero-order valence-electron chi connectivity index (χ0n) is 13.2. The van der Waals surface area contributed by atoms with Crippen LogP contribution in [0.4, 0.5) is 0 Å². The number of hydrazine groups is 1. The molecule has 0 atom stereocenters. The van der Waals surface area contributed by atoms with E-state index in [0.29, 0.717) is 6.42 Å². The number of unbranched alkanes of at least 4 members (excludes halogenated alkanes) is 4. The molecule has 120 valence electrons. The molecule has 0 spiro atoms. The smallest absolute Gasteiger partial charge is 0.303 e. The molecule has 1 saturated heterocycles. The molecule has 0 amide bonds. The monoisotopic (exact) mass is 294 g/mol. The number of nitrogens with zero attached hydrogens (tertiary/aromatic N) is 1. The molecule has 2 aliphatic heterocycles. The molecule has 0 aromatic heterocycles. The van der Waals surface area contributed by atoms with E-state index in [-0.39, 0.29) is 0 Å². The van der Waals surface area contributed by atoms with Crippen LogP contribution >= 0.6 is 0 Å². The third-order valence-corrected chi connectivity index (χ3v) is 4.61. The molecule has 2 rings (SSSR count). The first-order chi connectivity index (χ1) is 10.3. The molecule has 0 unspecified atom stereocenters. The van der Waals surface area contributed by atoms with Crippen LogP contribution in [0.3, 0.4) is 0 Å². The Hall–Kier alpha value is -1.03. The summed E-state index contributed by atoms with van der Waals surface area (Å²) < 4.78 is 0. The Bertz CT molecular complexity index is 366. The Morgan fingerprint density at radius 1 is 1.05 bits per heavy atom. The lowest BCUT2D eigenvalue weighted by Gasteiger charge is -2.33. The van der Waals surface area contributed by atoms with Crippen molar-refractivity contribution < 1.29 is 9.90 Å². The molecule has 0 bridgehead atoms. The number of allylic oxidation sites excluding steroid dienone is 2. The Morgan fingerprint density at radius 2 is 1.86 bits per heavy atom. The van der Waals surface area contributed by atoms with Gasteiger partial charge in [0.05, 0.1) is 0 Å². The van der Waals surface area contributed by atoms with Crippen molar-refractivity contribution in [3.8, 4) is 0 Å². The predicted octanol–water partition coefficient (Wildman–Crippen LogP) is 3.84. The molecular weight excluding hydrogens is 264 g/mol. The molecule has 4 heteroatoms. The minimum atomic E-state index is -0.662.